The maximum absolute atomic E-state index is 5.66. The van der Waals surface area contributed by atoms with Crippen LogP contribution in [0.2, 0.25) is 0 Å². The molecule has 0 radical (unpaired) electrons. The molecule has 0 aliphatic rings. The first-order valence-corrected chi connectivity index (χ1v) is 6.43. The molecule has 4 nitrogen and oxygen atoms in total. The zero-order valence-electron chi connectivity index (χ0n) is 11.5. The molecule has 0 saturated heterocycles. The fourth-order valence-corrected chi connectivity index (χ4v) is 1.64. The lowest BCUT2D eigenvalue weighted by Crippen LogP contribution is -2.21. The molecule has 98 valence electrons. The van der Waals surface area contributed by atoms with Gasteiger partial charge in [-0.05, 0) is 38.8 Å². The summed E-state index contributed by atoms with van der Waals surface area (Å²) in [6.45, 7) is 9.36. The van der Waals surface area contributed by atoms with E-state index in [9.17, 15) is 0 Å². The van der Waals surface area contributed by atoms with E-state index >= 15 is 0 Å². The number of ether oxygens (including phenoxy) is 1. The fourth-order valence-electron chi connectivity index (χ4n) is 1.64. The molecule has 0 unspecified atom stereocenters. The maximum Gasteiger partial charge on any atom is 0.211 e. The summed E-state index contributed by atoms with van der Waals surface area (Å²) in [4.78, 5) is 0. The molecule has 1 heterocycles. The highest BCUT2D eigenvalue weighted by Crippen LogP contribution is 2.11. The third-order valence-corrected chi connectivity index (χ3v) is 2.51. The summed E-state index contributed by atoms with van der Waals surface area (Å²) in [5.41, 5.74) is 1.00. The maximum atomic E-state index is 5.66. The van der Waals surface area contributed by atoms with E-state index in [0.29, 0.717) is 0 Å². The van der Waals surface area contributed by atoms with Crippen molar-refractivity contribution in [1.82, 2.24) is 15.1 Å². The van der Waals surface area contributed by atoms with E-state index in [2.05, 4.69) is 24.3 Å². The average Bonchev–Trinajstić information content (AvgIpc) is 2.55. The lowest BCUT2D eigenvalue weighted by Gasteiger charge is -2.08. The molecule has 1 N–H and O–H groups in total. The van der Waals surface area contributed by atoms with Crippen molar-refractivity contribution >= 4 is 0 Å². The van der Waals surface area contributed by atoms with E-state index in [1.54, 1.807) is 4.68 Å². The normalized spacial score (nSPS) is 11.1. The molecule has 0 spiro atoms. The highest BCUT2D eigenvalue weighted by atomic mass is 16.5. The molecule has 4 heteroatoms. The van der Waals surface area contributed by atoms with Crippen molar-refractivity contribution in [3.05, 3.63) is 11.8 Å². The van der Waals surface area contributed by atoms with Gasteiger partial charge in [0.2, 0.25) is 5.88 Å². The van der Waals surface area contributed by atoms with Gasteiger partial charge < -0.3 is 10.1 Å². The van der Waals surface area contributed by atoms with Crippen LogP contribution in [0.5, 0.6) is 5.88 Å². The summed E-state index contributed by atoms with van der Waals surface area (Å²) >= 11 is 0. The Morgan fingerprint density at radius 3 is 2.76 bits per heavy atom. The molecule has 1 aromatic heterocycles. The van der Waals surface area contributed by atoms with Gasteiger partial charge in [-0.25, -0.2) is 4.68 Å². The number of hydrogen-bond donors (Lipinski definition) is 1. The first kappa shape index (κ1) is 14.0. The molecule has 0 aliphatic heterocycles. The van der Waals surface area contributed by atoms with Gasteiger partial charge in [-0.2, -0.15) is 5.10 Å². The van der Waals surface area contributed by atoms with Crippen LogP contribution in [-0.4, -0.2) is 29.5 Å². The number of rotatable bonds is 8. The topological polar surface area (TPSA) is 39.1 Å². The van der Waals surface area contributed by atoms with Crippen molar-refractivity contribution in [2.75, 3.05) is 19.7 Å². The molecule has 1 aromatic rings. The van der Waals surface area contributed by atoms with Gasteiger partial charge in [-0.3, -0.25) is 0 Å². The summed E-state index contributed by atoms with van der Waals surface area (Å²) in [7, 11) is 1.91. The van der Waals surface area contributed by atoms with Crippen LogP contribution in [-0.2, 0) is 7.05 Å². The quantitative estimate of drug-likeness (QED) is 0.706. The van der Waals surface area contributed by atoms with Crippen LogP contribution in [0.25, 0.3) is 0 Å². The molecule has 0 bridgehead atoms. The molecule has 0 saturated carbocycles. The van der Waals surface area contributed by atoms with Gasteiger partial charge in [0.15, 0.2) is 0 Å². The van der Waals surface area contributed by atoms with Crippen LogP contribution in [0, 0.1) is 12.8 Å². The smallest absolute Gasteiger partial charge is 0.211 e. The van der Waals surface area contributed by atoms with Crippen LogP contribution in [0.1, 0.15) is 32.4 Å². The third kappa shape index (κ3) is 5.73. The number of aromatic nitrogens is 2. The van der Waals surface area contributed by atoms with Gasteiger partial charge in [0.05, 0.1) is 12.3 Å². The molecule has 0 amide bonds. The number of nitrogens with one attached hydrogen (secondary N) is 1. The summed E-state index contributed by atoms with van der Waals surface area (Å²) < 4.78 is 7.44. The summed E-state index contributed by atoms with van der Waals surface area (Å²) in [5, 5.41) is 7.66. The van der Waals surface area contributed by atoms with E-state index in [4.69, 9.17) is 4.74 Å². The third-order valence-electron chi connectivity index (χ3n) is 2.51. The molecule has 1 rings (SSSR count). The van der Waals surface area contributed by atoms with Crippen LogP contribution >= 0.6 is 0 Å². The van der Waals surface area contributed by atoms with E-state index in [1.807, 2.05) is 20.0 Å². The Labute approximate surface area is 104 Å². The minimum Gasteiger partial charge on any atom is -0.478 e. The van der Waals surface area contributed by atoms with Gasteiger partial charge in [0.25, 0.3) is 0 Å². The molecule has 17 heavy (non-hydrogen) atoms. The van der Waals surface area contributed by atoms with Gasteiger partial charge in [-0.15, -0.1) is 0 Å². The lowest BCUT2D eigenvalue weighted by molar-refractivity contribution is 0.280. The Hall–Kier alpha value is -1.03. The van der Waals surface area contributed by atoms with E-state index < -0.39 is 0 Å². The second-order valence-corrected chi connectivity index (χ2v) is 4.90. The van der Waals surface area contributed by atoms with Crippen LogP contribution in [0.4, 0.5) is 0 Å². The largest absolute Gasteiger partial charge is 0.478 e. The fraction of sp³-hybridized carbons (Fsp3) is 0.769. The number of nitrogens with zero attached hydrogens (tertiary/aromatic N) is 2. The predicted octanol–water partition coefficient (Wildman–Crippen LogP) is 2.13. The minimum atomic E-state index is 0.726. The standard InChI is InChI=1S/C13H25N3O/c1-11(2)10-14-7-5-6-8-17-13-9-12(3)15-16(13)4/h9,11,14H,5-8,10H2,1-4H3. The zero-order valence-corrected chi connectivity index (χ0v) is 11.5. The van der Waals surface area contributed by atoms with Crippen molar-refractivity contribution in [2.24, 2.45) is 13.0 Å². The van der Waals surface area contributed by atoms with Crippen LogP contribution in [0.3, 0.4) is 0 Å². The molecular formula is C13H25N3O. The van der Waals surface area contributed by atoms with Gasteiger partial charge >= 0.3 is 0 Å². The molecule has 0 atom stereocenters. The predicted molar refractivity (Wildman–Crippen MR) is 70.4 cm³/mol. The lowest BCUT2D eigenvalue weighted by atomic mass is 10.2. The molecule has 0 aliphatic carbocycles. The SMILES string of the molecule is Cc1cc(OCCCCNCC(C)C)n(C)n1. The zero-order chi connectivity index (χ0) is 12.7. The van der Waals surface area contributed by atoms with Crippen molar-refractivity contribution in [3.8, 4) is 5.88 Å². The summed E-state index contributed by atoms with van der Waals surface area (Å²) in [6.07, 6.45) is 2.23. The van der Waals surface area contributed by atoms with Crippen molar-refractivity contribution in [1.29, 1.82) is 0 Å². The summed E-state index contributed by atoms with van der Waals surface area (Å²) in [6, 6.07) is 1.97. The Bertz CT molecular complexity index is 320. The Morgan fingerprint density at radius 1 is 1.41 bits per heavy atom. The van der Waals surface area contributed by atoms with Gasteiger partial charge in [0.1, 0.15) is 0 Å². The molecular weight excluding hydrogens is 214 g/mol. The average molecular weight is 239 g/mol. The van der Waals surface area contributed by atoms with E-state index in [1.165, 1.54) is 0 Å². The number of unbranched alkanes of at least 4 members (excludes halogenated alkanes) is 1. The highest BCUT2D eigenvalue weighted by Gasteiger charge is 2.01. The molecule has 0 aromatic carbocycles. The van der Waals surface area contributed by atoms with Crippen LogP contribution in [0.15, 0.2) is 6.07 Å². The first-order chi connectivity index (χ1) is 8.09. The van der Waals surface area contributed by atoms with Crippen molar-refractivity contribution in [2.45, 2.75) is 33.6 Å². The second kappa shape index (κ2) is 7.33. The highest BCUT2D eigenvalue weighted by molar-refractivity contribution is 5.14. The van der Waals surface area contributed by atoms with Gasteiger partial charge in [-0.1, -0.05) is 13.8 Å². The Kier molecular flexibility index (Phi) is 6.05. The van der Waals surface area contributed by atoms with Gasteiger partial charge in [0, 0.05) is 13.1 Å². The molecule has 0 fully saturated rings. The van der Waals surface area contributed by atoms with Crippen molar-refractivity contribution < 1.29 is 4.74 Å². The Balaban J connectivity index is 2.03. The number of hydrogen-bond acceptors (Lipinski definition) is 3. The van der Waals surface area contributed by atoms with Crippen LogP contribution < -0.4 is 10.1 Å². The number of aryl methyl sites for hydroxylation is 2. The van der Waals surface area contributed by atoms with Crippen molar-refractivity contribution in [3.63, 3.8) is 0 Å². The Morgan fingerprint density at radius 2 is 2.18 bits per heavy atom. The van der Waals surface area contributed by atoms with E-state index in [-0.39, 0.29) is 0 Å². The van der Waals surface area contributed by atoms with E-state index in [0.717, 1.165) is 50.0 Å². The second-order valence-electron chi connectivity index (χ2n) is 4.90. The first-order valence-electron chi connectivity index (χ1n) is 6.43. The summed E-state index contributed by atoms with van der Waals surface area (Å²) in [5.74, 6) is 1.58. The monoisotopic (exact) mass is 239 g/mol. The minimum absolute atomic E-state index is 0.726.